The third kappa shape index (κ3) is 3.09. The van der Waals surface area contributed by atoms with E-state index in [2.05, 4.69) is 37.8 Å². The molecule has 0 N–H and O–H groups in total. The summed E-state index contributed by atoms with van der Waals surface area (Å²) in [5, 5.41) is 1.11. The van der Waals surface area contributed by atoms with Gasteiger partial charge in [-0.2, -0.15) is 0 Å². The van der Waals surface area contributed by atoms with Gasteiger partial charge < -0.3 is 9.32 Å². The summed E-state index contributed by atoms with van der Waals surface area (Å²) < 4.78 is 5.74. The van der Waals surface area contributed by atoms with Crippen LogP contribution in [-0.2, 0) is 11.2 Å². The molecule has 0 unspecified atom stereocenters. The van der Waals surface area contributed by atoms with E-state index in [1.54, 1.807) is 6.26 Å². The van der Waals surface area contributed by atoms with Crippen molar-refractivity contribution in [1.29, 1.82) is 0 Å². The molecule has 0 saturated heterocycles. The van der Waals surface area contributed by atoms with Crippen LogP contribution in [-0.4, -0.2) is 23.4 Å². The van der Waals surface area contributed by atoms with Gasteiger partial charge in [0.1, 0.15) is 5.58 Å². The van der Waals surface area contributed by atoms with E-state index in [-0.39, 0.29) is 5.91 Å². The summed E-state index contributed by atoms with van der Waals surface area (Å²) >= 11 is 0. The number of furan rings is 1. The maximum absolute atomic E-state index is 12.9. The number of fused-ring (bicyclic) bond motifs is 1. The SMILES string of the molecule is Cc1cc2occ(CC(=O)N(CC3CC3)C3CC3)c2cc1C(C)C. The summed E-state index contributed by atoms with van der Waals surface area (Å²) in [5.74, 6) is 1.51. The van der Waals surface area contributed by atoms with Gasteiger partial charge in [-0.25, -0.2) is 0 Å². The van der Waals surface area contributed by atoms with Gasteiger partial charge in [-0.3, -0.25) is 4.79 Å². The Balaban J connectivity index is 1.58. The molecule has 0 aliphatic heterocycles. The molecule has 0 bridgehead atoms. The second-order valence-electron chi connectivity index (χ2n) is 8.02. The molecule has 24 heavy (non-hydrogen) atoms. The molecule has 2 fully saturated rings. The molecule has 1 amide bonds. The van der Waals surface area contributed by atoms with E-state index in [0.717, 1.165) is 29.0 Å². The molecular formula is C21H27NO2. The molecule has 0 atom stereocenters. The monoisotopic (exact) mass is 325 g/mol. The van der Waals surface area contributed by atoms with Crippen LogP contribution in [0.15, 0.2) is 22.8 Å². The Morgan fingerprint density at radius 3 is 2.62 bits per heavy atom. The molecule has 0 radical (unpaired) electrons. The lowest BCUT2D eigenvalue weighted by molar-refractivity contribution is -0.131. The Hall–Kier alpha value is -1.77. The Morgan fingerprint density at radius 1 is 1.25 bits per heavy atom. The van der Waals surface area contributed by atoms with Gasteiger partial charge >= 0.3 is 0 Å². The highest BCUT2D eigenvalue weighted by molar-refractivity contribution is 5.88. The minimum absolute atomic E-state index is 0.277. The molecule has 1 heterocycles. The number of carbonyl (C=O) groups excluding carboxylic acids is 1. The minimum atomic E-state index is 0.277. The number of aryl methyl sites for hydroxylation is 1. The van der Waals surface area contributed by atoms with E-state index in [1.807, 2.05) is 0 Å². The Morgan fingerprint density at radius 2 is 2.00 bits per heavy atom. The highest BCUT2D eigenvalue weighted by atomic mass is 16.3. The average molecular weight is 325 g/mol. The number of benzene rings is 1. The Kier molecular flexibility index (Phi) is 3.90. The fourth-order valence-corrected chi connectivity index (χ4v) is 3.69. The molecule has 1 aromatic heterocycles. The van der Waals surface area contributed by atoms with Crippen molar-refractivity contribution in [3.63, 3.8) is 0 Å². The van der Waals surface area contributed by atoms with Crippen LogP contribution in [0.2, 0.25) is 0 Å². The summed E-state index contributed by atoms with van der Waals surface area (Å²) in [6.45, 7) is 7.52. The second kappa shape index (κ2) is 5.94. The first kappa shape index (κ1) is 15.7. The molecule has 1 aromatic carbocycles. The van der Waals surface area contributed by atoms with E-state index >= 15 is 0 Å². The van der Waals surface area contributed by atoms with Gasteiger partial charge in [0, 0.05) is 23.5 Å². The fraction of sp³-hybridized carbons (Fsp3) is 0.571. The predicted octanol–water partition coefficient (Wildman–Crippen LogP) is 4.81. The van der Waals surface area contributed by atoms with Crippen molar-refractivity contribution in [3.8, 4) is 0 Å². The van der Waals surface area contributed by atoms with Crippen LogP contribution in [0.5, 0.6) is 0 Å². The van der Waals surface area contributed by atoms with Gasteiger partial charge in [0.15, 0.2) is 0 Å². The van der Waals surface area contributed by atoms with Gasteiger partial charge in [0.2, 0.25) is 5.91 Å². The maximum Gasteiger partial charge on any atom is 0.227 e. The molecule has 2 aliphatic rings. The summed E-state index contributed by atoms with van der Waals surface area (Å²) in [6, 6.07) is 4.84. The molecule has 2 aliphatic carbocycles. The zero-order chi connectivity index (χ0) is 16.8. The van der Waals surface area contributed by atoms with Crippen LogP contribution in [0, 0.1) is 12.8 Å². The van der Waals surface area contributed by atoms with Gasteiger partial charge in [0.25, 0.3) is 0 Å². The zero-order valence-electron chi connectivity index (χ0n) is 15.0. The van der Waals surface area contributed by atoms with E-state index in [1.165, 1.54) is 36.8 Å². The fourth-order valence-electron chi connectivity index (χ4n) is 3.69. The third-order valence-corrected chi connectivity index (χ3v) is 5.47. The van der Waals surface area contributed by atoms with Crippen molar-refractivity contribution < 1.29 is 9.21 Å². The zero-order valence-corrected chi connectivity index (χ0v) is 15.0. The molecule has 3 nitrogen and oxygen atoms in total. The van der Waals surface area contributed by atoms with E-state index < -0.39 is 0 Å². The number of hydrogen-bond donors (Lipinski definition) is 0. The largest absolute Gasteiger partial charge is 0.464 e. The number of nitrogens with zero attached hydrogens (tertiary/aromatic N) is 1. The lowest BCUT2D eigenvalue weighted by atomic mass is 9.95. The van der Waals surface area contributed by atoms with E-state index in [9.17, 15) is 4.79 Å². The molecule has 3 heteroatoms. The lowest BCUT2D eigenvalue weighted by Crippen LogP contribution is -2.36. The Labute approximate surface area is 144 Å². The first-order valence-electron chi connectivity index (χ1n) is 9.33. The van der Waals surface area contributed by atoms with Crippen molar-refractivity contribution in [3.05, 3.63) is 35.1 Å². The van der Waals surface area contributed by atoms with E-state index in [4.69, 9.17) is 4.42 Å². The van der Waals surface area contributed by atoms with Gasteiger partial charge in [-0.1, -0.05) is 13.8 Å². The van der Waals surface area contributed by atoms with Crippen molar-refractivity contribution >= 4 is 16.9 Å². The van der Waals surface area contributed by atoms with Crippen LogP contribution >= 0.6 is 0 Å². The summed E-state index contributed by atoms with van der Waals surface area (Å²) in [5.41, 5.74) is 4.55. The van der Waals surface area contributed by atoms with Crippen molar-refractivity contribution in [2.75, 3.05) is 6.54 Å². The van der Waals surface area contributed by atoms with Crippen molar-refractivity contribution in [2.45, 2.75) is 64.8 Å². The highest BCUT2D eigenvalue weighted by Crippen LogP contribution is 2.36. The summed E-state index contributed by atoms with van der Waals surface area (Å²) in [6.07, 6.45) is 7.21. The second-order valence-corrected chi connectivity index (χ2v) is 8.02. The van der Waals surface area contributed by atoms with Crippen molar-refractivity contribution in [2.24, 2.45) is 5.92 Å². The van der Waals surface area contributed by atoms with Gasteiger partial charge in [-0.15, -0.1) is 0 Å². The molecule has 128 valence electrons. The highest BCUT2D eigenvalue weighted by Gasteiger charge is 2.36. The first-order valence-corrected chi connectivity index (χ1v) is 9.33. The third-order valence-electron chi connectivity index (χ3n) is 5.47. The van der Waals surface area contributed by atoms with E-state index in [0.29, 0.717) is 18.4 Å². The topological polar surface area (TPSA) is 33.5 Å². The summed E-state index contributed by atoms with van der Waals surface area (Å²) in [4.78, 5) is 15.0. The van der Waals surface area contributed by atoms with Crippen LogP contribution in [0.4, 0.5) is 0 Å². The quantitative estimate of drug-likeness (QED) is 0.764. The molecule has 2 aromatic rings. The number of amides is 1. The number of carbonyl (C=O) groups is 1. The first-order chi connectivity index (χ1) is 11.5. The smallest absolute Gasteiger partial charge is 0.227 e. The average Bonchev–Trinajstić information content (AvgIpc) is 3.43. The molecule has 0 spiro atoms. The summed E-state index contributed by atoms with van der Waals surface area (Å²) in [7, 11) is 0. The molecular weight excluding hydrogens is 298 g/mol. The van der Waals surface area contributed by atoms with Crippen LogP contribution in [0.1, 0.15) is 62.1 Å². The molecule has 2 saturated carbocycles. The van der Waals surface area contributed by atoms with Gasteiger partial charge in [-0.05, 0) is 67.7 Å². The Bertz CT molecular complexity index is 765. The normalized spacial score (nSPS) is 17.7. The lowest BCUT2D eigenvalue weighted by Gasteiger charge is -2.22. The predicted molar refractivity (Wildman–Crippen MR) is 96.2 cm³/mol. The van der Waals surface area contributed by atoms with Gasteiger partial charge in [0.05, 0.1) is 12.7 Å². The minimum Gasteiger partial charge on any atom is -0.464 e. The van der Waals surface area contributed by atoms with Crippen molar-refractivity contribution in [1.82, 2.24) is 4.90 Å². The standard InChI is InChI=1S/C21H27NO2/c1-13(2)18-10-19-16(12-24-20(19)8-14(18)3)9-21(23)22(17-6-7-17)11-15-4-5-15/h8,10,12-13,15,17H,4-7,9,11H2,1-3H3. The molecule has 4 rings (SSSR count). The maximum atomic E-state index is 12.9. The number of rotatable bonds is 6. The number of hydrogen-bond acceptors (Lipinski definition) is 2. The van der Waals surface area contributed by atoms with Crippen LogP contribution in [0.25, 0.3) is 11.0 Å². The van der Waals surface area contributed by atoms with Crippen LogP contribution < -0.4 is 0 Å². The van der Waals surface area contributed by atoms with Crippen LogP contribution in [0.3, 0.4) is 0 Å².